The van der Waals surface area contributed by atoms with Gasteiger partial charge in [-0.3, -0.25) is 0 Å². The summed E-state index contributed by atoms with van der Waals surface area (Å²) in [6, 6.07) is 85.6. The van der Waals surface area contributed by atoms with E-state index >= 15 is 0 Å². The van der Waals surface area contributed by atoms with Crippen molar-refractivity contribution in [1.29, 1.82) is 0 Å². The first kappa shape index (κ1) is 40.8. The molecule has 328 valence electrons. The van der Waals surface area contributed by atoms with Gasteiger partial charge in [-0.25, -0.2) is 0 Å². The van der Waals surface area contributed by atoms with Gasteiger partial charge in [0, 0.05) is 49.7 Å². The zero-order chi connectivity index (χ0) is 46.4. The van der Waals surface area contributed by atoms with Crippen molar-refractivity contribution >= 4 is 77.2 Å². The minimum absolute atomic E-state index is 0.183. The van der Waals surface area contributed by atoms with Gasteiger partial charge < -0.3 is 9.80 Å². The van der Waals surface area contributed by atoms with Crippen LogP contribution >= 0.6 is 0 Å². The Morgan fingerprint density at radius 3 is 1.25 bits per heavy atom. The van der Waals surface area contributed by atoms with E-state index in [1.807, 2.05) is 0 Å². The predicted molar refractivity (Wildman–Crippen MR) is 295 cm³/mol. The molecule has 12 aromatic carbocycles. The number of para-hydroxylation sites is 2. The quantitative estimate of drug-likeness (QED) is 0.111. The van der Waals surface area contributed by atoms with Crippen molar-refractivity contribution in [3.8, 4) is 33.4 Å². The van der Waals surface area contributed by atoms with Gasteiger partial charge >= 0.3 is 0 Å². The number of hydrogen-bond acceptors (Lipinski definition) is 2. The first-order chi connectivity index (χ1) is 33.8. The molecule has 13 rings (SSSR count). The minimum atomic E-state index is -0.183. The highest BCUT2D eigenvalue weighted by Crippen LogP contribution is 2.55. The molecule has 12 aromatic rings. The topological polar surface area (TPSA) is 6.48 Å². The van der Waals surface area contributed by atoms with Crippen LogP contribution in [-0.2, 0) is 5.41 Å². The molecule has 0 radical (unpaired) electrons. The molecule has 0 aliphatic heterocycles. The summed E-state index contributed by atoms with van der Waals surface area (Å²) in [6.07, 6.45) is 0. The summed E-state index contributed by atoms with van der Waals surface area (Å²) < 4.78 is 0. The van der Waals surface area contributed by atoms with Crippen LogP contribution in [0.3, 0.4) is 0 Å². The highest BCUT2D eigenvalue weighted by atomic mass is 15.2. The Hall–Kier alpha value is -8.46. The largest absolute Gasteiger partial charge is 0.310 e. The molecule has 69 heavy (non-hydrogen) atoms. The molecular weight excluding hydrogens is 833 g/mol. The average Bonchev–Trinajstić information content (AvgIpc) is 3.63. The lowest BCUT2D eigenvalue weighted by Gasteiger charge is -2.32. The standard InChI is InChI=1S/C67H50N2/c1-43-37-61(68(49-25-13-7-14-26-49)50-27-15-8-16-28-50)63-57-30-17-18-31-58(57)64-62(38-44(2)54-36-35-53(43)65(63)66(54)64)69(51-33-34-56-55-29-19-20-32-59(55)67(3,4)60(56)42-51)52-40-47(45-21-9-5-10-22-45)39-48(41-52)46-23-11-6-12-24-46/h5-42H,1-4H3. The first-order valence-corrected chi connectivity index (χ1v) is 24.2. The van der Waals surface area contributed by atoms with Gasteiger partial charge in [0.1, 0.15) is 0 Å². The maximum atomic E-state index is 2.58. The van der Waals surface area contributed by atoms with Crippen LogP contribution in [0.25, 0.3) is 76.5 Å². The maximum absolute atomic E-state index is 2.58. The van der Waals surface area contributed by atoms with Crippen LogP contribution in [-0.4, -0.2) is 0 Å². The molecule has 1 aliphatic carbocycles. The van der Waals surface area contributed by atoms with E-state index in [2.05, 4.69) is 268 Å². The van der Waals surface area contributed by atoms with Gasteiger partial charge in [0.25, 0.3) is 0 Å². The van der Waals surface area contributed by atoms with Crippen molar-refractivity contribution in [2.75, 3.05) is 9.80 Å². The minimum Gasteiger partial charge on any atom is -0.310 e. The third kappa shape index (κ3) is 6.40. The fourth-order valence-electron chi connectivity index (χ4n) is 11.7. The third-order valence-electron chi connectivity index (χ3n) is 15.0. The van der Waals surface area contributed by atoms with Crippen molar-refractivity contribution in [2.45, 2.75) is 33.1 Å². The monoisotopic (exact) mass is 882 g/mol. The summed E-state index contributed by atoms with van der Waals surface area (Å²) in [7, 11) is 0. The van der Waals surface area contributed by atoms with E-state index in [9.17, 15) is 0 Å². The zero-order valence-corrected chi connectivity index (χ0v) is 39.3. The van der Waals surface area contributed by atoms with Crippen LogP contribution in [0.5, 0.6) is 0 Å². The van der Waals surface area contributed by atoms with E-state index < -0.39 is 0 Å². The molecule has 0 atom stereocenters. The first-order valence-electron chi connectivity index (χ1n) is 24.2. The third-order valence-corrected chi connectivity index (χ3v) is 15.0. The Bertz CT molecular complexity index is 3830. The van der Waals surface area contributed by atoms with Gasteiger partial charge in [0.15, 0.2) is 0 Å². The van der Waals surface area contributed by atoms with Crippen molar-refractivity contribution < 1.29 is 0 Å². The Labute approximate surface area is 404 Å². The number of rotatable bonds is 8. The van der Waals surface area contributed by atoms with Gasteiger partial charge in [0.05, 0.1) is 11.4 Å². The number of fused-ring (bicyclic) bond motifs is 6. The van der Waals surface area contributed by atoms with E-state index in [1.165, 1.54) is 104 Å². The van der Waals surface area contributed by atoms with Gasteiger partial charge in [-0.2, -0.15) is 0 Å². The van der Waals surface area contributed by atoms with E-state index in [-0.39, 0.29) is 5.41 Å². The van der Waals surface area contributed by atoms with Crippen LogP contribution in [0, 0.1) is 13.8 Å². The van der Waals surface area contributed by atoms with Gasteiger partial charge in [-0.1, -0.05) is 178 Å². The van der Waals surface area contributed by atoms with Gasteiger partial charge in [-0.15, -0.1) is 0 Å². The Kier molecular flexibility index (Phi) is 9.36. The van der Waals surface area contributed by atoms with E-state index in [0.717, 1.165) is 28.4 Å². The fraction of sp³-hybridized carbons (Fsp3) is 0.0746. The second kappa shape index (κ2) is 15.8. The fourth-order valence-corrected chi connectivity index (χ4v) is 11.7. The summed E-state index contributed by atoms with van der Waals surface area (Å²) in [5.41, 5.74) is 19.2. The molecule has 0 saturated carbocycles. The highest BCUT2D eigenvalue weighted by Gasteiger charge is 2.36. The lowest BCUT2D eigenvalue weighted by atomic mass is 9.82. The Morgan fingerprint density at radius 2 is 0.725 bits per heavy atom. The molecule has 0 heterocycles. The van der Waals surface area contributed by atoms with Crippen molar-refractivity contribution in [3.63, 3.8) is 0 Å². The lowest BCUT2D eigenvalue weighted by Crippen LogP contribution is -2.17. The molecule has 0 spiro atoms. The average molecular weight is 883 g/mol. The summed E-state index contributed by atoms with van der Waals surface area (Å²) in [6.45, 7) is 9.37. The molecule has 0 unspecified atom stereocenters. The number of anilines is 6. The van der Waals surface area contributed by atoms with E-state index in [0.29, 0.717) is 0 Å². The van der Waals surface area contributed by atoms with E-state index in [4.69, 9.17) is 0 Å². The molecule has 0 bridgehead atoms. The second-order valence-electron chi connectivity index (χ2n) is 19.4. The molecule has 2 nitrogen and oxygen atoms in total. The molecule has 0 saturated heterocycles. The zero-order valence-electron chi connectivity index (χ0n) is 39.3. The second-order valence-corrected chi connectivity index (χ2v) is 19.4. The molecular formula is C67H50N2. The molecule has 2 heteroatoms. The van der Waals surface area contributed by atoms with Crippen molar-refractivity contribution in [2.24, 2.45) is 0 Å². The summed E-state index contributed by atoms with van der Waals surface area (Å²) in [5, 5.41) is 10.1. The summed E-state index contributed by atoms with van der Waals surface area (Å²) in [4.78, 5) is 5.04. The van der Waals surface area contributed by atoms with Crippen LogP contribution in [0.15, 0.2) is 231 Å². The number of hydrogen-bond donors (Lipinski definition) is 0. The van der Waals surface area contributed by atoms with Crippen LogP contribution in [0.1, 0.15) is 36.1 Å². The maximum Gasteiger partial charge on any atom is 0.0549 e. The Balaban J connectivity index is 1.17. The number of aryl methyl sites for hydroxylation is 2. The SMILES string of the molecule is Cc1cc(N(c2ccccc2)c2ccccc2)c2c3ccccc3c3c(N(c4cc(-c5ccccc5)cc(-c5ccccc5)c4)c4ccc5c(c4)C(C)(C)c4ccccc4-5)cc(C)c4ccc1c2c43. The summed E-state index contributed by atoms with van der Waals surface area (Å²) >= 11 is 0. The molecule has 0 aromatic heterocycles. The van der Waals surface area contributed by atoms with E-state index in [1.54, 1.807) is 0 Å². The van der Waals surface area contributed by atoms with Gasteiger partial charge in [0.2, 0.25) is 0 Å². The lowest BCUT2D eigenvalue weighted by molar-refractivity contribution is 0.660. The predicted octanol–water partition coefficient (Wildman–Crippen LogP) is 18.9. The molecule has 0 amide bonds. The highest BCUT2D eigenvalue weighted by molar-refractivity contribution is 6.39. The number of benzene rings is 12. The smallest absolute Gasteiger partial charge is 0.0549 e. The Morgan fingerprint density at radius 1 is 0.290 bits per heavy atom. The van der Waals surface area contributed by atoms with Gasteiger partial charge in [-0.05, 0) is 158 Å². The normalized spacial score (nSPS) is 12.8. The van der Waals surface area contributed by atoms with Crippen molar-refractivity contribution in [1.82, 2.24) is 0 Å². The van der Waals surface area contributed by atoms with Crippen LogP contribution < -0.4 is 9.80 Å². The van der Waals surface area contributed by atoms with Crippen LogP contribution in [0.2, 0.25) is 0 Å². The number of nitrogens with zero attached hydrogens (tertiary/aromatic N) is 2. The van der Waals surface area contributed by atoms with Crippen LogP contribution in [0.4, 0.5) is 34.1 Å². The molecule has 1 aliphatic rings. The molecule has 0 N–H and O–H groups in total. The van der Waals surface area contributed by atoms with Crippen molar-refractivity contribution in [3.05, 3.63) is 253 Å². The summed E-state index contributed by atoms with van der Waals surface area (Å²) in [5.74, 6) is 0. The molecule has 0 fully saturated rings.